The van der Waals surface area contributed by atoms with Gasteiger partial charge in [0.25, 0.3) is 0 Å². The summed E-state index contributed by atoms with van der Waals surface area (Å²) in [6, 6.07) is 9.88. The van der Waals surface area contributed by atoms with Crippen molar-refractivity contribution in [1.82, 2.24) is 15.0 Å². The molecular formula is C22H23F2N5. The number of nitrogens with one attached hydrogen (secondary N) is 2. The maximum atomic E-state index is 13.5. The summed E-state index contributed by atoms with van der Waals surface area (Å²) in [5, 5.41) is 6.66. The van der Waals surface area contributed by atoms with Gasteiger partial charge in [0.2, 0.25) is 5.95 Å². The Bertz CT molecular complexity index is 959. The highest BCUT2D eigenvalue weighted by atomic mass is 19.2. The van der Waals surface area contributed by atoms with Crippen LogP contribution in [0, 0.1) is 11.6 Å². The molecule has 0 spiro atoms. The highest BCUT2D eigenvalue weighted by Gasteiger charge is 2.15. The van der Waals surface area contributed by atoms with E-state index in [1.54, 1.807) is 18.5 Å². The molecule has 0 radical (unpaired) electrons. The highest BCUT2D eigenvalue weighted by molar-refractivity contribution is 5.64. The van der Waals surface area contributed by atoms with E-state index < -0.39 is 11.6 Å². The summed E-state index contributed by atoms with van der Waals surface area (Å²) >= 11 is 0. The van der Waals surface area contributed by atoms with Gasteiger partial charge < -0.3 is 10.6 Å². The van der Waals surface area contributed by atoms with Crippen LogP contribution in [0.5, 0.6) is 0 Å². The summed E-state index contributed by atoms with van der Waals surface area (Å²) in [4.78, 5) is 13.3. The quantitative estimate of drug-likeness (QED) is 0.603. The van der Waals surface area contributed by atoms with E-state index >= 15 is 0 Å². The van der Waals surface area contributed by atoms with E-state index in [4.69, 9.17) is 0 Å². The molecule has 2 N–H and O–H groups in total. The molecule has 1 aliphatic carbocycles. The first-order chi connectivity index (χ1) is 14.2. The molecule has 5 nitrogen and oxygen atoms in total. The lowest BCUT2D eigenvalue weighted by molar-refractivity contribution is 0.461. The van der Waals surface area contributed by atoms with E-state index in [9.17, 15) is 8.78 Å². The molecule has 0 bridgehead atoms. The Morgan fingerprint density at radius 2 is 1.69 bits per heavy atom. The van der Waals surface area contributed by atoms with E-state index in [2.05, 4.69) is 25.6 Å². The summed E-state index contributed by atoms with van der Waals surface area (Å²) in [5.74, 6) is -0.521. The second kappa shape index (κ2) is 8.94. The van der Waals surface area contributed by atoms with Crippen LogP contribution >= 0.6 is 0 Å². The molecule has 0 unspecified atom stereocenters. The van der Waals surface area contributed by atoms with Gasteiger partial charge in [-0.2, -0.15) is 4.98 Å². The number of anilines is 2. The smallest absolute Gasteiger partial charge is 0.225 e. The van der Waals surface area contributed by atoms with Crippen LogP contribution in [0.3, 0.4) is 0 Å². The minimum absolute atomic E-state index is 0.326. The van der Waals surface area contributed by atoms with Crippen molar-refractivity contribution in [3.05, 3.63) is 66.0 Å². The molecule has 3 aromatic rings. The summed E-state index contributed by atoms with van der Waals surface area (Å²) in [7, 11) is 0. The molecule has 0 amide bonds. The van der Waals surface area contributed by atoms with E-state index in [1.165, 1.54) is 25.3 Å². The zero-order chi connectivity index (χ0) is 20.1. The topological polar surface area (TPSA) is 62.7 Å². The Labute approximate surface area is 168 Å². The molecule has 0 aliphatic heterocycles. The predicted octanol–water partition coefficient (Wildman–Crippen LogP) is 5.17. The Hall–Kier alpha value is -3.09. The molecule has 2 heterocycles. The molecule has 1 aromatic carbocycles. The predicted molar refractivity (Wildman–Crippen MR) is 109 cm³/mol. The van der Waals surface area contributed by atoms with Gasteiger partial charge in [0.15, 0.2) is 11.6 Å². The molecular weight excluding hydrogens is 372 g/mol. The summed E-state index contributed by atoms with van der Waals surface area (Å²) in [6.45, 7) is 0.326. The van der Waals surface area contributed by atoms with E-state index in [0.29, 0.717) is 29.9 Å². The molecule has 29 heavy (non-hydrogen) atoms. The molecule has 0 atom stereocenters. The summed E-state index contributed by atoms with van der Waals surface area (Å²) < 4.78 is 26.6. The second-order valence-corrected chi connectivity index (χ2v) is 7.28. The van der Waals surface area contributed by atoms with Crippen LogP contribution in [0.15, 0.2) is 48.8 Å². The molecule has 1 fully saturated rings. The zero-order valence-electron chi connectivity index (χ0n) is 16.0. The van der Waals surface area contributed by atoms with Gasteiger partial charge in [0.1, 0.15) is 5.82 Å². The van der Waals surface area contributed by atoms with Crippen LogP contribution in [-0.2, 0) is 6.54 Å². The molecule has 1 aliphatic rings. The van der Waals surface area contributed by atoms with Gasteiger partial charge in [-0.3, -0.25) is 4.98 Å². The first-order valence-corrected chi connectivity index (χ1v) is 9.91. The van der Waals surface area contributed by atoms with Crippen LogP contribution in [-0.4, -0.2) is 21.0 Å². The van der Waals surface area contributed by atoms with E-state index in [-0.39, 0.29) is 0 Å². The van der Waals surface area contributed by atoms with Crippen molar-refractivity contribution >= 4 is 11.8 Å². The molecule has 1 saturated carbocycles. The first-order valence-electron chi connectivity index (χ1n) is 9.91. The maximum absolute atomic E-state index is 13.5. The molecule has 4 rings (SSSR count). The Morgan fingerprint density at radius 3 is 2.45 bits per heavy atom. The minimum Gasteiger partial charge on any atom is -0.366 e. The van der Waals surface area contributed by atoms with Crippen molar-refractivity contribution < 1.29 is 8.78 Å². The number of hydrogen-bond acceptors (Lipinski definition) is 5. The van der Waals surface area contributed by atoms with Crippen molar-refractivity contribution in [2.75, 3.05) is 10.6 Å². The fourth-order valence-electron chi connectivity index (χ4n) is 3.54. The van der Waals surface area contributed by atoms with E-state index in [1.807, 2.05) is 18.2 Å². The van der Waals surface area contributed by atoms with Crippen LogP contribution in [0.25, 0.3) is 11.3 Å². The monoisotopic (exact) mass is 395 g/mol. The standard InChI is InChI=1S/C22H23F2N5/c23-18-7-6-15(12-19(18)24)14-26-21-13-20(16-8-10-25-11-9-16)28-22(29-21)27-17-4-2-1-3-5-17/h6-13,17H,1-5,14H2,(H2,26,27,28,29). The molecule has 7 heteroatoms. The van der Waals surface area contributed by atoms with Crippen molar-refractivity contribution in [1.29, 1.82) is 0 Å². The van der Waals surface area contributed by atoms with Crippen molar-refractivity contribution in [2.24, 2.45) is 0 Å². The lowest BCUT2D eigenvalue weighted by Gasteiger charge is -2.23. The number of benzene rings is 1. The van der Waals surface area contributed by atoms with E-state index in [0.717, 1.165) is 30.2 Å². The normalized spacial score (nSPS) is 14.6. The third-order valence-electron chi connectivity index (χ3n) is 5.10. The number of halogens is 2. The number of rotatable bonds is 6. The van der Waals surface area contributed by atoms with Gasteiger partial charge in [-0.15, -0.1) is 0 Å². The van der Waals surface area contributed by atoms with Crippen molar-refractivity contribution in [3.8, 4) is 11.3 Å². The third kappa shape index (κ3) is 5.04. The van der Waals surface area contributed by atoms with Crippen LogP contribution in [0.2, 0.25) is 0 Å². The minimum atomic E-state index is -0.857. The second-order valence-electron chi connectivity index (χ2n) is 7.28. The van der Waals surface area contributed by atoms with Crippen LogP contribution in [0.4, 0.5) is 20.5 Å². The van der Waals surface area contributed by atoms with Gasteiger partial charge in [0.05, 0.1) is 5.69 Å². The lowest BCUT2D eigenvalue weighted by Crippen LogP contribution is -2.23. The fourth-order valence-corrected chi connectivity index (χ4v) is 3.54. The SMILES string of the molecule is Fc1ccc(CNc2cc(-c3ccncc3)nc(NC3CCCCC3)n2)cc1F. The highest BCUT2D eigenvalue weighted by Crippen LogP contribution is 2.24. The lowest BCUT2D eigenvalue weighted by atomic mass is 9.96. The Kier molecular flexibility index (Phi) is 5.93. The van der Waals surface area contributed by atoms with Crippen molar-refractivity contribution in [3.63, 3.8) is 0 Å². The Balaban J connectivity index is 1.57. The summed E-state index contributed by atoms with van der Waals surface area (Å²) in [6.07, 6.45) is 9.37. The zero-order valence-corrected chi connectivity index (χ0v) is 16.0. The fraction of sp³-hybridized carbons (Fsp3) is 0.318. The number of nitrogens with zero attached hydrogens (tertiary/aromatic N) is 3. The number of pyridine rings is 1. The van der Waals surface area contributed by atoms with Gasteiger partial charge in [-0.05, 0) is 42.7 Å². The average molecular weight is 395 g/mol. The van der Waals surface area contributed by atoms with Crippen molar-refractivity contribution in [2.45, 2.75) is 44.7 Å². The van der Waals surface area contributed by atoms with Gasteiger partial charge >= 0.3 is 0 Å². The van der Waals surface area contributed by atoms with Gasteiger partial charge in [-0.25, -0.2) is 13.8 Å². The van der Waals surface area contributed by atoms with Crippen LogP contribution in [0.1, 0.15) is 37.7 Å². The van der Waals surface area contributed by atoms with Crippen LogP contribution < -0.4 is 10.6 Å². The first kappa shape index (κ1) is 19.2. The number of hydrogen-bond donors (Lipinski definition) is 2. The number of aromatic nitrogens is 3. The molecule has 0 saturated heterocycles. The maximum Gasteiger partial charge on any atom is 0.225 e. The van der Waals surface area contributed by atoms with Gasteiger partial charge in [-0.1, -0.05) is 25.3 Å². The molecule has 150 valence electrons. The Morgan fingerprint density at radius 1 is 0.897 bits per heavy atom. The van der Waals surface area contributed by atoms with Gasteiger partial charge in [0, 0.05) is 36.6 Å². The largest absolute Gasteiger partial charge is 0.366 e. The third-order valence-corrected chi connectivity index (χ3v) is 5.10. The summed E-state index contributed by atoms with van der Waals surface area (Å²) in [5.41, 5.74) is 2.34. The average Bonchev–Trinajstić information content (AvgIpc) is 2.76. The molecule has 2 aromatic heterocycles.